The number of nitrogens with one attached hydrogen (secondary N) is 1. The fraction of sp³-hybridized carbons (Fsp3) is 0.471. The Bertz CT molecular complexity index is 609. The molecule has 1 aromatic heterocycles. The summed E-state index contributed by atoms with van der Waals surface area (Å²) in [5, 5.41) is 17.2. The number of rotatable bonds is 8. The molecule has 2 aromatic rings. The Morgan fingerprint density at radius 3 is 2.65 bits per heavy atom. The van der Waals surface area contributed by atoms with E-state index in [1.807, 2.05) is 17.8 Å². The predicted molar refractivity (Wildman–Crippen MR) is 93.7 cm³/mol. The van der Waals surface area contributed by atoms with E-state index in [1.165, 1.54) is 12.1 Å². The highest BCUT2D eigenvalue weighted by atomic mass is 32.2. The zero-order chi connectivity index (χ0) is 16.8. The number of hydrogen-bond acceptors (Lipinski definition) is 4. The summed E-state index contributed by atoms with van der Waals surface area (Å²) < 4.78 is 14.9. The van der Waals surface area contributed by atoms with Gasteiger partial charge in [0.05, 0.1) is 11.9 Å². The molecule has 1 aromatic carbocycles. The van der Waals surface area contributed by atoms with Crippen LogP contribution in [0.3, 0.4) is 0 Å². The van der Waals surface area contributed by atoms with Crippen molar-refractivity contribution in [3.8, 4) is 5.69 Å². The average Bonchev–Trinajstić information content (AvgIpc) is 2.90. The van der Waals surface area contributed by atoms with Gasteiger partial charge in [-0.15, -0.1) is 0 Å². The number of hydrogen-bond donors (Lipinski definition) is 2. The fourth-order valence-electron chi connectivity index (χ4n) is 2.71. The molecule has 4 nitrogen and oxygen atoms in total. The van der Waals surface area contributed by atoms with Crippen molar-refractivity contribution >= 4 is 11.8 Å². The first-order chi connectivity index (χ1) is 11.1. The molecule has 0 fully saturated rings. The van der Waals surface area contributed by atoms with Gasteiger partial charge in [-0.1, -0.05) is 0 Å². The van der Waals surface area contributed by atoms with Crippen molar-refractivity contribution in [3.63, 3.8) is 0 Å². The zero-order valence-electron chi connectivity index (χ0n) is 13.8. The quantitative estimate of drug-likeness (QED) is 0.777. The molecule has 0 aliphatic heterocycles. The molecule has 6 heteroatoms. The lowest BCUT2D eigenvalue weighted by molar-refractivity contribution is 0.265. The molecule has 2 rings (SSSR count). The first-order valence-corrected chi connectivity index (χ1v) is 9.12. The second-order valence-electron chi connectivity index (χ2n) is 5.63. The van der Waals surface area contributed by atoms with E-state index >= 15 is 0 Å². The largest absolute Gasteiger partial charge is 0.396 e. The van der Waals surface area contributed by atoms with Gasteiger partial charge in [-0.25, -0.2) is 9.07 Å². The SMILES string of the molecule is CSCC(CCO)NC(C)c1cnn(-c2ccc(F)cc2)c1C. The summed E-state index contributed by atoms with van der Waals surface area (Å²) in [6, 6.07) is 6.71. The molecule has 0 bridgehead atoms. The third-order valence-electron chi connectivity index (χ3n) is 3.92. The van der Waals surface area contributed by atoms with Crippen molar-refractivity contribution in [2.75, 3.05) is 18.6 Å². The second kappa shape index (κ2) is 8.47. The number of aliphatic hydroxyl groups is 1. The van der Waals surface area contributed by atoms with E-state index in [9.17, 15) is 9.50 Å². The number of aliphatic hydroxyl groups excluding tert-OH is 1. The van der Waals surface area contributed by atoms with Crippen LogP contribution in [0.2, 0.25) is 0 Å². The Morgan fingerprint density at radius 2 is 2.04 bits per heavy atom. The minimum atomic E-state index is -0.252. The van der Waals surface area contributed by atoms with E-state index in [0.717, 1.165) is 29.1 Å². The Hall–Kier alpha value is -1.37. The van der Waals surface area contributed by atoms with Gasteiger partial charge in [-0.2, -0.15) is 16.9 Å². The molecule has 1 heterocycles. The monoisotopic (exact) mass is 337 g/mol. The summed E-state index contributed by atoms with van der Waals surface area (Å²) in [5.41, 5.74) is 2.99. The van der Waals surface area contributed by atoms with Crippen LogP contribution in [0.15, 0.2) is 30.5 Å². The minimum absolute atomic E-state index is 0.132. The Labute approximate surface area is 141 Å². The maximum atomic E-state index is 13.1. The van der Waals surface area contributed by atoms with Gasteiger partial charge in [-0.3, -0.25) is 0 Å². The molecule has 2 N–H and O–H groups in total. The van der Waals surface area contributed by atoms with E-state index in [2.05, 4.69) is 23.6 Å². The van der Waals surface area contributed by atoms with Crippen LogP contribution in [-0.4, -0.2) is 39.5 Å². The molecular weight excluding hydrogens is 313 g/mol. The highest BCUT2D eigenvalue weighted by Crippen LogP contribution is 2.21. The Balaban J connectivity index is 2.15. The molecule has 0 saturated heterocycles. The Morgan fingerprint density at radius 1 is 1.35 bits per heavy atom. The second-order valence-corrected chi connectivity index (χ2v) is 6.54. The van der Waals surface area contributed by atoms with Gasteiger partial charge in [0.2, 0.25) is 0 Å². The van der Waals surface area contributed by atoms with Crippen LogP contribution in [0.1, 0.15) is 30.6 Å². The third kappa shape index (κ3) is 4.56. The number of benzene rings is 1. The first kappa shape index (κ1) is 18.0. The summed E-state index contributed by atoms with van der Waals surface area (Å²) in [6.45, 7) is 4.29. The van der Waals surface area contributed by atoms with Crippen molar-refractivity contribution < 1.29 is 9.50 Å². The fourth-order valence-corrected chi connectivity index (χ4v) is 3.37. The molecule has 0 spiro atoms. The summed E-state index contributed by atoms with van der Waals surface area (Å²) >= 11 is 1.76. The maximum absolute atomic E-state index is 13.1. The van der Waals surface area contributed by atoms with Gasteiger partial charge in [0.25, 0.3) is 0 Å². The van der Waals surface area contributed by atoms with Crippen LogP contribution in [0.25, 0.3) is 5.69 Å². The summed E-state index contributed by atoms with van der Waals surface area (Å²) in [4.78, 5) is 0. The van der Waals surface area contributed by atoms with Crippen molar-refractivity contribution in [3.05, 3.63) is 47.5 Å². The summed E-state index contributed by atoms with van der Waals surface area (Å²) in [7, 11) is 0. The van der Waals surface area contributed by atoms with Crippen LogP contribution in [0.5, 0.6) is 0 Å². The molecule has 0 radical (unpaired) electrons. The molecule has 23 heavy (non-hydrogen) atoms. The lowest BCUT2D eigenvalue weighted by Gasteiger charge is -2.22. The van der Waals surface area contributed by atoms with E-state index in [0.29, 0.717) is 0 Å². The number of halogens is 1. The van der Waals surface area contributed by atoms with Crippen LogP contribution in [0.4, 0.5) is 4.39 Å². The molecule has 0 aliphatic rings. The molecule has 0 amide bonds. The molecule has 0 aliphatic carbocycles. The van der Waals surface area contributed by atoms with Crippen molar-refractivity contribution in [1.82, 2.24) is 15.1 Å². The topological polar surface area (TPSA) is 50.1 Å². The van der Waals surface area contributed by atoms with E-state index in [4.69, 9.17) is 0 Å². The number of aromatic nitrogens is 2. The van der Waals surface area contributed by atoms with Gasteiger partial charge in [-0.05, 0) is 50.8 Å². The Kier molecular flexibility index (Phi) is 6.62. The highest BCUT2D eigenvalue weighted by molar-refractivity contribution is 7.98. The van der Waals surface area contributed by atoms with Crippen molar-refractivity contribution in [1.29, 1.82) is 0 Å². The number of nitrogens with zero attached hydrogens (tertiary/aromatic N) is 2. The molecule has 126 valence electrons. The molecular formula is C17H24FN3OS. The van der Waals surface area contributed by atoms with Crippen molar-refractivity contribution in [2.45, 2.75) is 32.4 Å². The van der Waals surface area contributed by atoms with Gasteiger partial charge >= 0.3 is 0 Å². The highest BCUT2D eigenvalue weighted by Gasteiger charge is 2.17. The zero-order valence-corrected chi connectivity index (χ0v) is 14.6. The van der Waals surface area contributed by atoms with Crippen LogP contribution in [-0.2, 0) is 0 Å². The number of thioether (sulfide) groups is 1. The van der Waals surface area contributed by atoms with Crippen molar-refractivity contribution in [2.24, 2.45) is 0 Å². The standard InChI is InChI=1S/C17H24FN3OS/c1-12(20-15(8-9-22)11-23-3)17-10-19-21(13(17)2)16-6-4-14(18)5-7-16/h4-7,10,12,15,20,22H,8-9,11H2,1-3H3. The minimum Gasteiger partial charge on any atom is -0.396 e. The van der Waals surface area contributed by atoms with Crippen LogP contribution in [0, 0.1) is 12.7 Å². The van der Waals surface area contributed by atoms with Gasteiger partial charge in [0.15, 0.2) is 0 Å². The van der Waals surface area contributed by atoms with Gasteiger partial charge in [0, 0.05) is 35.7 Å². The van der Waals surface area contributed by atoms with Gasteiger partial charge in [0.1, 0.15) is 5.82 Å². The molecule has 2 atom stereocenters. The van der Waals surface area contributed by atoms with E-state index in [1.54, 1.807) is 23.9 Å². The summed E-state index contributed by atoms with van der Waals surface area (Å²) in [5.74, 6) is 0.702. The smallest absolute Gasteiger partial charge is 0.123 e. The molecule has 2 unspecified atom stereocenters. The maximum Gasteiger partial charge on any atom is 0.123 e. The first-order valence-electron chi connectivity index (χ1n) is 7.73. The van der Waals surface area contributed by atoms with Crippen LogP contribution < -0.4 is 5.32 Å². The normalized spacial score (nSPS) is 14.0. The third-order valence-corrected chi connectivity index (χ3v) is 4.65. The van der Waals surface area contributed by atoms with Crippen LogP contribution >= 0.6 is 11.8 Å². The van der Waals surface area contributed by atoms with Gasteiger partial charge < -0.3 is 10.4 Å². The average molecular weight is 337 g/mol. The lowest BCUT2D eigenvalue weighted by atomic mass is 10.1. The molecule has 0 saturated carbocycles. The lowest BCUT2D eigenvalue weighted by Crippen LogP contribution is -2.34. The summed E-state index contributed by atoms with van der Waals surface area (Å²) in [6.07, 6.45) is 4.65. The van der Waals surface area contributed by atoms with E-state index < -0.39 is 0 Å². The predicted octanol–water partition coefficient (Wildman–Crippen LogP) is 3.08. The van der Waals surface area contributed by atoms with E-state index in [-0.39, 0.29) is 24.5 Å².